The van der Waals surface area contributed by atoms with Gasteiger partial charge in [-0.1, -0.05) is 49.4 Å². The highest BCUT2D eigenvalue weighted by Gasteiger charge is 2.32. The maximum absolute atomic E-state index is 13.8. The van der Waals surface area contributed by atoms with E-state index in [2.05, 4.69) is 28.8 Å². The van der Waals surface area contributed by atoms with Gasteiger partial charge >= 0.3 is 6.61 Å². The second-order valence-electron chi connectivity index (χ2n) is 8.44. The van der Waals surface area contributed by atoms with Crippen LogP contribution >= 0.6 is 11.8 Å². The minimum Gasteiger partial charge on any atom is -0.491 e. The summed E-state index contributed by atoms with van der Waals surface area (Å²) in [5.74, 6) is 1.30. The number of aromatic nitrogens is 1. The SMILES string of the molecule is C\C=C(/C=C\C=C\CC)CSc1nc(N2CC(F)C2)c(C#N)c(-c2ccc(OCCOC(F)F)cc2)c1C#N. The van der Waals surface area contributed by atoms with Crippen LogP contribution in [-0.2, 0) is 4.74 Å². The lowest BCUT2D eigenvalue weighted by Gasteiger charge is -2.36. The van der Waals surface area contributed by atoms with Gasteiger partial charge in [0.2, 0.25) is 0 Å². The lowest BCUT2D eigenvalue weighted by molar-refractivity contribution is -0.133. The van der Waals surface area contributed by atoms with Crippen LogP contribution in [0.25, 0.3) is 11.1 Å². The van der Waals surface area contributed by atoms with Gasteiger partial charge in [0.15, 0.2) is 0 Å². The fourth-order valence-electron chi connectivity index (χ4n) is 3.77. The second kappa shape index (κ2) is 15.0. The third-order valence-electron chi connectivity index (χ3n) is 5.78. The van der Waals surface area contributed by atoms with Crippen LogP contribution in [0.3, 0.4) is 0 Å². The Morgan fingerprint density at radius 1 is 1.15 bits per heavy atom. The number of alkyl halides is 3. The van der Waals surface area contributed by atoms with Gasteiger partial charge in [-0.15, -0.1) is 11.8 Å². The molecule has 0 bridgehead atoms. The Balaban J connectivity index is 1.96. The van der Waals surface area contributed by atoms with Crippen molar-refractivity contribution in [2.75, 3.05) is 37.0 Å². The standard InChI is InChI=1S/C29H29F3N4O2S/c1-3-5-6-7-8-20(4-2)19-39-28-25(16-34)26(24(15-33)27(35-28)36-17-22(30)18-36)21-9-11-23(12-10-21)37-13-14-38-29(31)32/h4-12,22,29H,3,13-14,17-19H2,1-2H3/b6-5+,8-7-,20-4+. The first-order chi connectivity index (χ1) is 18.9. The third kappa shape index (κ3) is 8.13. The summed E-state index contributed by atoms with van der Waals surface area (Å²) in [6.07, 6.45) is 9.88. The summed E-state index contributed by atoms with van der Waals surface area (Å²) in [7, 11) is 0. The Labute approximate surface area is 231 Å². The summed E-state index contributed by atoms with van der Waals surface area (Å²) in [4.78, 5) is 6.37. The van der Waals surface area contributed by atoms with E-state index in [4.69, 9.17) is 4.74 Å². The largest absolute Gasteiger partial charge is 0.491 e. The van der Waals surface area contributed by atoms with Crippen molar-refractivity contribution in [3.63, 3.8) is 0 Å². The summed E-state index contributed by atoms with van der Waals surface area (Å²) in [6.45, 7) is 1.04. The average Bonchev–Trinajstić information content (AvgIpc) is 2.92. The number of thioether (sulfide) groups is 1. The fraction of sp³-hybridized carbons (Fsp3) is 0.345. The highest BCUT2D eigenvalue weighted by atomic mass is 32.2. The summed E-state index contributed by atoms with van der Waals surface area (Å²) in [6, 6.07) is 11.0. The van der Waals surface area contributed by atoms with Crippen LogP contribution in [0.5, 0.6) is 5.75 Å². The molecule has 1 aromatic heterocycles. The van der Waals surface area contributed by atoms with Crippen LogP contribution in [-0.4, -0.2) is 49.8 Å². The normalized spacial score (nSPS) is 14.2. The Morgan fingerprint density at radius 3 is 2.46 bits per heavy atom. The Kier molecular flexibility index (Phi) is 11.5. The molecule has 0 amide bonds. The number of halogens is 3. The van der Waals surface area contributed by atoms with Crippen molar-refractivity contribution in [3.8, 4) is 29.0 Å². The Bertz CT molecular complexity index is 1290. The lowest BCUT2D eigenvalue weighted by Crippen LogP contribution is -2.49. The van der Waals surface area contributed by atoms with Gasteiger partial charge in [-0.2, -0.15) is 19.3 Å². The molecule has 0 saturated carbocycles. The average molecular weight is 555 g/mol. The van der Waals surface area contributed by atoms with E-state index in [1.54, 1.807) is 29.2 Å². The first-order valence-corrected chi connectivity index (χ1v) is 13.4. The highest BCUT2D eigenvalue weighted by Crippen LogP contribution is 2.40. The number of hydrogen-bond acceptors (Lipinski definition) is 7. The van der Waals surface area contributed by atoms with Crippen molar-refractivity contribution in [2.24, 2.45) is 0 Å². The number of hydrogen-bond donors (Lipinski definition) is 0. The molecule has 1 saturated heterocycles. The Morgan fingerprint density at radius 2 is 1.87 bits per heavy atom. The molecule has 0 radical (unpaired) electrons. The quantitative estimate of drug-likeness (QED) is 0.152. The maximum Gasteiger partial charge on any atom is 0.345 e. The van der Waals surface area contributed by atoms with Gasteiger partial charge in [0.05, 0.1) is 25.3 Å². The van der Waals surface area contributed by atoms with Crippen molar-refractivity contribution in [3.05, 3.63) is 71.3 Å². The molecule has 1 fully saturated rings. The molecule has 10 heteroatoms. The van der Waals surface area contributed by atoms with Crippen molar-refractivity contribution in [1.82, 2.24) is 4.98 Å². The van der Waals surface area contributed by atoms with E-state index >= 15 is 0 Å². The number of pyridine rings is 1. The molecular formula is C29H29F3N4O2S. The van der Waals surface area contributed by atoms with Gasteiger partial charge in [-0.05, 0) is 36.6 Å². The zero-order valence-electron chi connectivity index (χ0n) is 21.7. The van der Waals surface area contributed by atoms with E-state index in [1.807, 2.05) is 37.3 Å². The lowest BCUT2D eigenvalue weighted by atomic mass is 9.95. The molecule has 1 aliphatic heterocycles. The predicted molar refractivity (Wildman–Crippen MR) is 147 cm³/mol. The molecule has 0 aliphatic carbocycles. The van der Waals surface area contributed by atoms with Gasteiger partial charge in [0, 0.05) is 11.3 Å². The van der Waals surface area contributed by atoms with E-state index in [9.17, 15) is 23.7 Å². The number of anilines is 1. The van der Waals surface area contributed by atoms with Gasteiger partial charge < -0.3 is 14.4 Å². The summed E-state index contributed by atoms with van der Waals surface area (Å²) in [5, 5.41) is 20.7. The van der Waals surface area contributed by atoms with Crippen LogP contribution in [0.1, 0.15) is 31.4 Å². The van der Waals surface area contributed by atoms with E-state index < -0.39 is 12.8 Å². The van der Waals surface area contributed by atoms with Gasteiger partial charge in [-0.3, -0.25) is 0 Å². The molecular weight excluding hydrogens is 525 g/mol. The molecule has 6 nitrogen and oxygen atoms in total. The van der Waals surface area contributed by atoms with E-state index in [0.29, 0.717) is 33.5 Å². The van der Waals surface area contributed by atoms with Crippen LogP contribution in [0.2, 0.25) is 0 Å². The summed E-state index contributed by atoms with van der Waals surface area (Å²) in [5.41, 5.74) is 2.47. The number of benzene rings is 1. The zero-order chi connectivity index (χ0) is 28.2. The molecule has 39 heavy (non-hydrogen) atoms. The molecule has 2 aromatic rings. The first kappa shape index (κ1) is 29.8. The van der Waals surface area contributed by atoms with Crippen LogP contribution < -0.4 is 9.64 Å². The first-order valence-electron chi connectivity index (χ1n) is 12.4. The minimum atomic E-state index is -2.87. The molecule has 3 rings (SSSR count). The van der Waals surface area contributed by atoms with Crippen molar-refractivity contribution >= 4 is 17.6 Å². The number of rotatable bonds is 13. The van der Waals surface area contributed by atoms with Gasteiger partial charge in [0.25, 0.3) is 0 Å². The molecule has 2 heterocycles. The molecule has 204 valence electrons. The fourth-order valence-corrected chi connectivity index (χ4v) is 4.78. The number of nitrogens with zero attached hydrogens (tertiary/aromatic N) is 4. The summed E-state index contributed by atoms with van der Waals surface area (Å²) >= 11 is 1.38. The topological polar surface area (TPSA) is 82.2 Å². The van der Waals surface area contributed by atoms with Crippen LogP contribution in [0.4, 0.5) is 19.0 Å². The van der Waals surface area contributed by atoms with Crippen molar-refractivity contribution < 1.29 is 22.6 Å². The summed E-state index contributed by atoms with van der Waals surface area (Å²) < 4.78 is 47.7. The number of ether oxygens (including phenoxy) is 2. The highest BCUT2D eigenvalue weighted by molar-refractivity contribution is 7.99. The molecule has 0 N–H and O–H groups in total. The van der Waals surface area contributed by atoms with E-state index in [0.717, 1.165) is 12.0 Å². The minimum absolute atomic E-state index is 0.0634. The molecule has 1 aromatic carbocycles. The molecule has 0 spiro atoms. The monoisotopic (exact) mass is 554 g/mol. The Hall–Kier alpha value is -3.73. The number of allylic oxidation sites excluding steroid dienone is 5. The third-order valence-corrected chi connectivity index (χ3v) is 6.83. The maximum atomic E-state index is 13.8. The van der Waals surface area contributed by atoms with Crippen LogP contribution in [0, 0.1) is 22.7 Å². The smallest absolute Gasteiger partial charge is 0.345 e. The van der Waals surface area contributed by atoms with Gasteiger partial charge in [0.1, 0.15) is 47.1 Å². The number of nitriles is 2. The van der Waals surface area contributed by atoms with E-state index in [-0.39, 0.29) is 37.4 Å². The van der Waals surface area contributed by atoms with Crippen LogP contribution in [0.15, 0.2) is 65.2 Å². The second-order valence-corrected chi connectivity index (χ2v) is 9.41. The molecule has 1 aliphatic rings. The van der Waals surface area contributed by atoms with Crippen molar-refractivity contribution in [2.45, 2.75) is 38.1 Å². The predicted octanol–water partition coefficient (Wildman–Crippen LogP) is 6.83. The van der Waals surface area contributed by atoms with Gasteiger partial charge in [-0.25, -0.2) is 9.37 Å². The zero-order valence-corrected chi connectivity index (χ0v) is 22.6. The van der Waals surface area contributed by atoms with Crippen molar-refractivity contribution in [1.29, 1.82) is 10.5 Å². The van der Waals surface area contributed by atoms with E-state index in [1.165, 1.54) is 11.8 Å². The molecule has 0 atom stereocenters. The molecule has 0 unspecified atom stereocenters.